The smallest absolute Gasteiger partial charge is 0.0589 e. The predicted octanol–water partition coefficient (Wildman–Crippen LogP) is 2.33. The van der Waals surface area contributed by atoms with Crippen molar-refractivity contribution in [3.05, 3.63) is 34.3 Å². The van der Waals surface area contributed by atoms with E-state index in [0.29, 0.717) is 0 Å². The Bertz CT molecular complexity index is 383. The predicted molar refractivity (Wildman–Crippen MR) is 67.6 cm³/mol. The molecule has 2 heterocycles. The van der Waals surface area contributed by atoms with Crippen molar-refractivity contribution in [2.24, 2.45) is 5.92 Å². The van der Waals surface area contributed by atoms with Crippen molar-refractivity contribution < 1.29 is 4.74 Å². The van der Waals surface area contributed by atoms with Gasteiger partial charge in [0.15, 0.2) is 0 Å². The summed E-state index contributed by atoms with van der Waals surface area (Å²) in [4.78, 5) is 0. The van der Waals surface area contributed by atoms with Crippen LogP contribution in [0.3, 0.4) is 0 Å². The second-order valence-corrected chi connectivity index (χ2v) is 5.67. The van der Waals surface area contributed by atoms with Crippen molar-refractivity contribution in [2.75, 3.05) is 26.3 Å². The molecule has 0 spiro atoms. The molecule has 3 rings (SSSR count). The summed E-state index contributed by atoms with van der Waals surface area (Å²) in [5.41, 5.74) is 1.68. The van der Waals surface area contributed by atoms with Gasteiger partial charge < -0.3 is 10.1 Å². The van der Waals surface area contributed by atoms with E-state index in [1.54, 1.807) is 0 Å². The molecule has 2 aliphatic rings. The molecule has 2 saturated heterocycles. The molecule has 1 aromatic carbocycles. The molecule has 2 nitrogen and oxygen atoms in total. The van der Waals surface area contributed by atoms with Gasteiger partial charge in [-0.25, -0.2) is 0 Å². The van der Waals surface area contributed by atoms with E-state index in [4.69, 9.17) is 4.74 Å². The van der Waals surface area contributed by atoms with Crippen molar-refractivity contribution >= 4 is 15.9 Å². The maximum Gasteiger partial charge on any atom is 0.0589 e. The first kappa shape index (κ1) is 10.8. The van der Waals surface area contributed by atoms with Crippen LogP contribution in [0.2, 0.25) is 0 Å². The molecule has 2 fully saturated rings. The van der Waals surface area contributed by atoms with Crippen molar-refractivity contribution in [1.29, 1.82) is 0 Å². The van der Waals surface area contributed by atoms with Crippen LogP contribution in [-0.4, -0.2) is 26.3 Å². The monoisotopic (exact) mass is 281 g/mol. The average molecular weight is 282 g/mol. The highest BCUT2D eigenvalue weighted by atomic mass is 79.9. The Kier molecular flexibility index (Phi) is 2.78. The van der Waals surface area contributed by atoms with Crippen LogP contribution in [0.4, 0.5) is 0 Å². The van der Waals surface area contributed by atoms with Gasteiger partial charge in [0.25, 0.3) is 0 Å². The van der Waals surface area contributed by atoms with Gasteiger partial charge in [-0.05, 0) is 37.1 Å². The molecule has 1 aromatic rings. The van der Waals surface area contributed by atoms with Gasteiger partial charge in [-0.15, -0.1) is 0 Å². The minimum absolute atomic E-state index is 0.254. The normalized spacial score (nSPS) is 27.7. The summed E-state index contributed by atoms with van der Waals surface area (Å²) < 4.78 is 6.74. The number of hydrogen-bond donors (Lipinski definition) is 1. The van der Waals surface area contributed by atoms with E-state index in [-0.39, 0.29) is 5.41 Å². The molecule has 1 unspecified atom stereocenters. The Labute approximate surface area is 105 Å². The van der Waals surface area contributed by atoms with Crippen molar-refractivity contribution in [3.63, 3.8) is 0 Å². The lowest BCUT2D eigenvalue weighted by Crippen LogP contribution is -2.53. The van der Waals surface area contributed by atoms with E-state index >= 15 is 0 Å². The third kappa shape index (κ3) is 1.53. The van der Waals surface area contributed by atoms with Gasteiger partial charge >= 0.3 is 0 Å². The molecular formula is C13H16BrNO. The zero-order valence-electron chi connectivity index (χ0n) is 9.21. The molecule has 0 aliphatic carbocycles. The molecule has 0 bridgehead atoms. The van der Waals surface area contributed by atoms with Crippen LogP contribution >= 0.6 is 15.9 Å². The molecule has 16 heavy (non-hydrogen) atoms. The van der Waals surface area contributed by atoms with Gasteiger partial charge in [-0.3, -0.25) is 0 Å². The number of nitrogens with one attached hydrogen (secondary N) is 1. The summed E-state index contributed by atoms with van der Waals surface area (Å²) in [5, 5.41) is 3.46. The minimum atomic E-state index is 0.254. The fourth-order valence-corrected chi connectivity index (χ4v) is 3.60. The van der Waals surface area contributed by atoms with Crippen LogP contribution < -0.4 is 5.32 Å². The second-order valence-electron chi connectivity index (χ2n) is 4.82. The molecule has 0 saturated carbocycles. The van der Waals surface area contributed by atoms with Gasteiger partial charge in [0.05, 0.1) is 13.2 Å². The Balaban J connectivity index is 1.98. The Morgan fingerprint density at radius 1 is 1.31 bits per heavy atom. The number of ether oxygens (including phenoxy) is 1. The summed E-state index contributed by atoms with van der Waals surface area (Å²) in [7, 11) is 0. The van der Waals surface area contributed by atoms with Crippen molar-refractivity contribution in [3.8, 4) is 0 Å². The van der Waals surface area contributed by atoms with Crippen LogP contribution in [-0.2, 0) is 10.2 Å². The lowest BCUT2D eigenvalue weighted by molar-refractivity contribution is -0.0872. The highest BCUT2D eigenvalue weighted by molar-refractivity contribution is 9.10. The summed E-state index contributed by atoms with van der Waals surface area (Å²) in [5.74, 6) is 0.722. The lowest BCUT2D eigenvalue weighted by atomic mass is 9.68. The average Bonchev–Trinajstić information content (AvgIpc) is 2.73. The molecule has 0 aromatic heterocycles. The van der Waals surface area contributed by atoms with Gasteiger partial charge in [-0.2, -0.15) is 0 Å². The second kappa shape index (κ2) is 4.13. The first-order valence-corrected chi connectivity index (χ1v) is 6.66. The molecule has 2 aliphatic heterocycles. The molecule has 0 amide bonds. The van der Waals surface area contributed by atoms with E-state index in [1.165, 1.54) is 16.5 Å². The fraction of sp³-hybridized carbons (Fsp3) is 0.538. The largest absolute Gasteiger partial charge is 0.379 e. The van der Waals surface area contributed by atoms with Crippen LogP contribution in [0.15, 0.2) is 28.7 Å². The highest BCUT2D eigenvalue weighted by Gasteiger charge is 2.48. The van der Waals surface area contributed by atoms with Crippen LogP contribution in [0.5, 0.6) is 0 Å². The van der Waals surface area contributed by atoms with Crippen LogP contribution in [0.25, 0.3) is 0 Å². The van der Waals surface area contributed by atoms with Crippen molar-refractivity contribution in [2.45, 2.75) is 11.8 Å². The third-order valence-electron chi connectivity index (χ3n) is 3.97. The summed E-state index contributed by atoms with van der Waals surface area (Å²) in [6.07, 6.45) is 1.27. The highest BCUT2D eigenvalue weighted by Crippen LogP contribution is 2.44. The lowest BCUT2D eigenvalue weighted by Gasteiger charge is -2.46. The van der Waals surface area contributed by atoms with E-state index in [2.05, 4.69) is 45.5 Å². The number of halogens is 1. The van der Waals surface area contributed by atoms with Gasteiger partial charge in [0, 0.05) is 9.89 Å². The maximum atomic E-state index is 5.51. The van der Waals surface area contributed by atoms with Crippen LogP contribution in [0.1, 0.15) is 12.0 Å². The number of benzene rings is 1. The van der Waals surface area contributed by atoms with Crippen molar-refractivity contribution in [1.82, 2.24) is 5.32 Å². The standard InChI is InChI=1S/C13H16BrNO/c14-12-4-2-1-3-11(12)13(8-16-9-13)10-5-6-15-7-10/h1-4,10,15H,5-9H2. The van der Waals surface area contributed by atoms with Crippen LogP contribution in [0, 0.1) is 5.92 Å². The summed E-state index contributed by atoms with van der Waals surface area (Å²) in [6.45, 7) is 4.03. The molecule has 1 N–H and O–H groups in total. The summed E-state index contributed by atoms with van der Waals surface area (Å²) in [6, 6.07) is 8.58. The molecule has 86 valence electrons. The zero-order chi connectivity index (χ0) is 11.0. The van der Waals surface area contributed by atoms with E-state index < -0.39 is 0 Å². The molecule has 1 atom stereocenters. The SMILES string of the molecule is Brc1ccccc1C1(C2CCNC2)COC1. The summed E-state index contributed by atoms with van der Waals surface area (Å²) >= 11 is 3.68. The molecular weight excluding hydrogens is 266 g/mol. The van der Waals surface area contributed by atoms with Gasteiger partial charge in [-0.1, -0.05) is 34.1 Å². The third-order valence-corrected chi connectivity index (χ3v) is 4.66. The first-order chi connectivity index (χ1) is 7.83. The van der Waals surface area contributed by atoms with E-state index in [1.807, 2.05) is 0 Å². The van der Waals surface area contributed by atoms with E-state index in [0.717, 1.165) is 32.2 Å². The zero-order valence-corrected chi connectivity index (χ0v) is 10.8. The Morgan fingerprint density at radius 2 is 2.12 bits per heavy atom. The molecule has 3 heteroatoms. The number of rotatable bonds is 2. The maximum absolute atomic E-state index is 5.51. The topological polar surface area (TPSA) is 21.3 Å². The van der Waals surface area contributed by atoms with Gasteiger partial charge in [0.2, 0.25) is 0 Å². The number of hydrogen-bond acceptors (Lipinski definition) is 2. The Hall–Kier alpha value is -0.380. The fourth-order valence-electron chi connectivity index (χ4n) is 2.92. The minimum Gasteiger partial charge on any atom is -0.379 e. The Morgan fingerprint density at radius 3 is 2.69 bits per heavy atom. The quantitative estimate of drug-likeness (QED) is 0.899. The first-order valence-electron chi connectivity index (χ1n) is 5.86. The van der Waals surface area contributed by atoms with Gasteiger partial charge in [0.1, 0.15) is 0 Å². The van der Waals surface area contributed by atoms with E-state index in [9.17, 15) is 0 Å². The molecule has 0 radical (unpaired) electrons.